The molecule has 0 radical (unpaired) electrons. The van der Waals surface area contributed by atoms with Crippen LogP contribution < -0.4 is 0 Å². The molecule has 0 bridgehead atoms. The van der Waals surface area contributed by atoms with E-state index in [1.165, 1.54) is 0 Å². The van der Waals surface area contributed by atoms with Gasteiger partial charge in [-0.05, 0) is 0 Å². The summed E-state index contributed by atoms with van der Waals surface area (Å²) >= 11 is 0. The van der Waals surface area contributed by atoms with Crippen LogP contribution in [0.2, 0.25) is 0 Å². The molecule has 0 fully saturated rings. The van der Waals surface area contributed by atoms with Crippen LogP contribution >= 0.6 is 0 Å². The second-order valence-electron chi connectivity index (χ2n) is 1.34. The largest absolute Gasteiger partial charge is 0.394 e. The zero-order valence-corrected chi connectivity index (χ0v) is 16.2. The minimum atomic E-state index is -4.67. The third-order valence-corrected chi connectivity index (χ3v) is 0. The summed E-state index contributed by atoms with van der Waals surface area (Å²) in [5.41, 5.74) is 0. The smallest absolute Gasteiger partial charge is 0.264 e. The first-order valence-electron chi connectivity index (χ1n) is 2.10. The van der Waals surface area contributed by atoms with Crippen molar-refractivity contribution >= 4 is 31.2 Å². The fourth-order valence-corrected chi connectivity index (χ4v) is 0. The van der Waals surface area contributed by atoms with E-state index < -0.39 is 31.2 Å². The van der Waals surface area contributed by atoms with E-state index in [-0.39, 0.29) is 81.7 Å². The molecule has 0 atom stereocenters. The van der Waals surface area contributed by atoms with Crippen LogP contribution in [0.4, 0.5) is 0 Å². The van der Waals surface area contributed by atoms with Gasteiger partial charge in [-0.25, -0.2) is 0 Å². The summed E-state index contributed by atoms with van der Waals surface area (Å²) in [6.45, 7) is 0. The maximum Gasteiger partial charge on any atom is 0.394 e. The fraction of sp³-hybridized carbons (Fsp3) is 0. The van der Waals surface area contributed by atoms with Crippen molar-refractivity contribution in [3.05, 3.63) is 0 Å². The zero-order chi connectivity index (χ0) is 13.5. The maximum absolute atomic E-state index is 8.74. The second-order valence-corrected chi connectivity index (χ2v) is 4.03. The van der Waals surface area contributed by atoms with Gasteiger partial charge in [-0.1, -0.05) is 0 Å². The molecule has 17 heteroatoms. The Hall–Kier alpha value is 2.31. The molecule has 0 rings (SSSR count). The average Bonchev–Trinajstić information content (AvgIpc) is 1.41. The molecule has 104 valence electrons. The van der Waals surface area contributed by atoms with Crippen molar-refractivity contribution in [2.24, 2.45) is 0 Å². The van der Waals surface area contributed by atoms with Crippen molar-refractivity contribution in [3.63, 3.8) is 0 Å². The van der Waals surface area contributed by atoms with Crippen molar-refractivity contribution in [1.82, 2.24) is 0 Å². The van der Waals surface area contributed by atoms with Crippen LogP contribution in [0.3, 0.4) is 0 Å². The van der Waals surface area contributed by atoms with Gasteiger partial charge in [0.1, 0.15) is 0 Å². The van der Waals surface area contributed by atoms with Crippen molar-refractivity contribution in [2.75, 3.05) is 0 Å². The Morgan fingerprint density at radius 1 is 0.412 bits per heavy atom. The Bertz CT molecular complexity index is 341. The minimum Gasteiger partial charge on any atom is -0.264 e. The van der Waals surface area contributed by atoms with Gasteiger partial charge < -0.3 is 0 Å². The summed E-state index contributed by atoms with van der Waals surface area (Å²) in [6.07, 6.45) is 0. The minimum absolute atomic E-state index is 0. The first-order chi connectivity index (χ1) is 6.00. The molecule has 0 aromatic heterocycles. The molecule has 0 saturated carbocycles. The standard InChI is InChI=1S/2Nd.3H2O4S/c;;3*1-5(2,3)4/h;;3*(H2,1,2,3,4). The van der Waals surface area contributed by atoms with Gasteiger partial charge in [0, 0.05) is 81.7 Å². The van der Waals surface area contributed by atoms with Crippen LogP contribution in [0.15, 0.2) is 0 Å². The summed E-state index contributed by atoms with van der Waals surface area (Å²) < 4.78 is 94.8. The molecule has 0 aliphatic carbocycles. The molecule has 0 heterocycles. The van der Waals surface area contributed by atoms with E-state index in [0.29, 0.717) is 0 Å². The van der Waals surface area contributed by atoms with Gasteiger partial charge in [0.25, 0.3) is 0 Å². The summed E-state index contributed by atoms with van der Waals surface area (Å²) in [5.74, 6) is 0. The van der Waals surface area contributed by atoms with Crippen LogP contribution in [0.1, 0.15) is 0 Å². The molecular formula is H6Nd2O12S3. The summed E-state index contributed by atoms with van der Waals surface area (Å²) in [7, 11) is -14.0. The van der Waals surface area contributed by atoms with E-state index in [9.17, 15) is 0 Å². The molecule has 12 nitrogen and oxygen atoms in total. The number of hydrogen-bond donors (Lipinski definition) is 6. The third-order valence-electron chi connectivity index (χ3n) is 0. The van der Waals surface area contributed by atoms with E-state index in [4.69, 9.17) is 52.6 Å². The Morgan fingerprint density at radius 2 is 0.412 bits per heavy atom. The van der Waals surface area contributed by atoms with Crippen molar-refractivity contribution in [3.8, 4) is 0 Å². The van der Waals surface area contributed by atoms with Gasteiger partial charge in [-0.15, -0.1) is 0 Å². The van der Waals surface area contributed by atoms with Crippen molar-refractivity contribution in [1.29, 1.82) is 0 Å². The van der Waals surface area contributed by atoms with Crippen LogP contribution in [0.5, 0.6) is 0 Å². The quantitative estimate of drug-likeness (QED) is 0.171. The van der Waals surface area contributed by atoms with Gasteiger partial charge in [0.05, 0.1) is 0 Å². The fourth-order valence-electron chi connectivity index (χ4n) is 0. The number of hydrogen-bond acceptors (Lipinski definition) is 6. The molecule has 17 heavy (non-hydrogen) atoms. The molecule has 0 amide bonds. The average molecular weight is 583 g/mol. The predicted molar refractivity (Wildman–Crippen MR) is 42.5 cm³/mol. The molecular weight excluding hydrogens is 577 g/mol. The Labute approximate surface area is 162 Å². The van der Waals surface area contributed by atoms with Gasteiger partial charge in [0.15, 0.2) is 0 Å². The molecule has 0 aliphatic heterocycles. The van der Waals surface area contributed by atoms with E-state index in [1.807, 2.05) is 0 Å². The van der Waals surface area contributed by atoms with Gasteiger partial charge in [0.2, 0.25) is 0 Å². The van der Waals surface area contributed by atoms with E-state index >= 15 is 0 Å². The molecule has 0 spiro atoms. The molecule has 0 aromatic carbocycles. The summed E-state index contributed by atoms with van der Waals surface area (Å²) in [5, 5.41) is 0. The first kappa shape index (κ1) is 31.6. The van der Waals surface area contributed by atoms with Crippen LogP contribution in [0.25, 0.3) is 0 Å². The molecule has 0 saturated heterocycles. The van der Waals surface area contributed by atoms with E-state index in [1.54, 1.807) is 0 Å². The zero-order valence-electron chi connectivity index (χ0n) is 7.36. The summed E-state index contributed by atoms with van der Waals surface area (Å²) in [6, 6.07) is 0. The Balaban J connectivity index is -0.0000000400. The van der Waals surface area contributed by atoms with Gasteiger partial charge in [-0.2, -0.15) is 25.3 Å². The van der Waals surface area contributed by atoms with Crippen LogP contribution in [-0.4, -0.2) is 52.6 Å². The van der Waals surface area contributed by atoms with Crippen molar-refractivity contribution in [2.45, 2.75) is 0 Å². The molecule has 6 N–H and O–H groups in total. The first-order valence-corrected chi connectivity index (χ1v) is 6.29. The molecule has 0 aliphatic rings. The second kappa shape index (κ2) is 13.3. The monoisotopic (exact) mass is 578 g/mol. The Morgan fingerprint density at radius 3 is 0.412 bits per heavy atom. The van der Waals surface area contributed by atoms with Crippen molar-refractivity contribution < 1.29 is 134 Å². The van der Waals surface area contributed by atoms with E-state index in [0.717, 1.165) is 0 Å². The normalized spacial score (nSPS) is 10.2. The molecule has 0 aromatic rings. The SMILES string of the molecule is O=S(=O)(O)O.O=S(=O)(O)O.O=S(=O)(O)O.[Nd].[Nd]. The van der Waals surface area contributed by atoms with Gasteiger partial charge >= 0.3 is 31.2 Å². The third kappa shape index (κ3) is 912. The summed E-state index contributed by atoms with van der Waals surface area (Å²) in [4.78, 5) is 0. The number of rotatable bonds is 0. The van der Waals surface area contributed by atoms with E-state index in [2.05, 4.69) is 0 Å². The molecule has 0 unspecified atom stereocenters. The predicted octanol–water partition coefficient (Wildman–Crippen LogP) is -1.96. The van der Waals surface area contributed by atoms with Crippen LogP contribution in [-0.2, 0) is 31.2 Å². The topological polar surface area (TPSA) is 224 Å². The maximum atomic E-state index is 8.74. The van der Waals surface area contributed by atoms with Gasteiger partial charge in [-0.3, -0.25) is 27.3 Å². The Kier molecular flexibility index (Phi) is 24.7. The van der Waals surface area contributed by atoms with Crippen LogP contribution in [0, 0.1) is 81.7 Å².